The molecule has 1 aromatic carbocycles. The van der Waals surface area contributed by atoms with Crippen molar-refractivity contribution in [1.82, 2.24) is 10.2 Å². The molecular weight excluding hydrogens is 370 g/mol. The molecule has 7 nitrogen and oxygen atoms in total. The van der Waals surface area contributed by atoms with Gasteiger partial charge in [-0.25, -0.2) is 0 Å². The molecule has 1 aliphatic carbocycles. The molecule has 158 valence electrons. The number of hydrogen-bond donors (Lipinski definition) is 2. The number of nitrogens with two attached hydrogens (primary N) is 1. The van der Waals surface area contributed by atoms with Gasteiger partial charge in [-0.15, -0.1) is 0 Å². The van der Waals surface area contributed by atoms with Gasteiger partial charge in [-0.3, -0.25) is 19.7 Å². The molecule has 1 saturated heterocycles. The van der Waals surface area contributed by atoms with Crippen LogP contribution < -0.4 is 15.8 Å². The monoisotopic (exact) mass is 401 g/mol. The summed E-state index contributed by atoms with van der Waals surface area (Å²) in [5.74, 6) is 0.656. The smallest absolute Gasteiger partial charge is 0.255 e. The average molecular weight is 402 g/mol. The van der Waals surface area contributed by atoms with E-state index in [1.54, 1.807) is 11.0 Å². The fraction of sp³-hybridized carbons (Fsp3) is 0.591. The maximum Gasteiger partial charge on any atom is 0.255 e. The van der Waals surface area contributed by atoms with Crippen LogP contribution in [0, 0.1) is 5.92 Å². The summed E-state index contributed by atoms with van der Waals surface area (Å²) in [6, 6.07) is 4.97. The number of fused-ring (bicyclic) bond motifs is 1. The SMILES string of the molecule is CC(C)CN.O=C1CCC(N2Cc3cc(OC4CCCC4)ccc3C2=O)C(=O)N1. The second-order valence-electron chi connectivity index (χ2n) is 8.37. The lowest BCUT2D eigenvalue weighted by Gasteiger charge is -2.29. The maximum atomic E-state index is 12.6. The topological polar surface area (TPSA) is 102 Å². The third-order valence-electron chi connectivity index (χ3n) is 5.57. The molecule has 4 rings (SSSR count). The number of hydrogen-bond acceptors (Lipinski definition) is 5. The van der Waals surface area contributed by atoms with Crippen molar-refractivity contribution >= 4 is 17.7 Å². The molecule has 2 heterocycles. The first-order chi connectivity index (χ1) is 13.9. The van der Waals surface area contributed by atoms with E-state index in [9.17, 15) is 14.4 Å². The molecule has 0 radical (unpaired) electrons. The van der Waals surface area contributed by atoms with Gasteiger partial charge in [-0.2, -0.15) is 0 Å². The van der Waals surface area contributed by atoms with Gasteiger partial charge in [0.05, 0.1) is 6.10 Å². The van der Waals surface area contributed by atoms with Crippen molar-refractivity contribution in [3.63, 3.8) is 0 Å². The Balaban J connectivity index is 0.000000431. The standard InChI is InChI=1S/C18H20N2O4.C4H11N/c21-16-8-7-15(17(22)19-16)20-10-11-9-13(5-6-14(11)18(20)23)24-12-3-1-2-4-12;1-4(2)3-5/h5-6,9,12,15H,1-4,7-8,10H2,(H,19,21,22);4H,3,5H2,1-2H3. The van der Waals surface area contributed by atoms with Crippen molar-refractivity contribution in [2.45, 2.75) is 71.1 Å². The van der Waals surface area contributed by atoms with Crippen LogP contribution in [-0.2, 0) is 16.1 Å². The molecule has 29 heavy (non-hydrogen) atoms. The Morgan fingerprint density at radius 2 is 1.86 bits per heavy atom. The van der Waals surface area contributed by atoms with Gasteiger partial charge < -0.3 is 15.4 Å². The lowest BCUT2D eigenvalue weighted by atomic mass is 10.0. The highest BCUT2D eigenvalue weighted by Crippen LogP contribution is 2.31. The number of benzene rings is 1. The fourth-order valence-corrected chi connectivity index (χ4v) is 3.82. The molecule has 7 heteroatoms. The minimum atomic E-state index is -0.568. The highest BCUT2D eigenvalue weighted by molar-refractivity contribution is 6.05. The summed E-state index contributed by atoms with van der Waals surface area (Å²) in [5, 5.41) is 2.32. The van der Waals surface area contributed by atoms with Crippen molar-refractivity contribution < 1.29 is 19.1 Å². The van der Waals surface area contributed by atoms with Gasteiger partial charge >= 0.3 is 0 Å². The van der Waals surface area contributed by atoms with Gasteiger partial charge in [0.15, 0.2) is 0 Å². The Morgan fingerprint density at radius 1 is 1.17 bits per heavy atom. The molecule has 1 atom stereocenters. The number of amides is 3. The third-order valence-corrected chi connectivity index (χ3v) is 5.57. The second kappa shape index (κ2) is 9.39. The number of imide groups is 1. The van der Waals surface area contributed by atoms with E-state index in [0.29, 0.717) is 24.4 Å². The summed E-state index contributed by atoms with van der Waals surface area (Å²) < 4.78 is 6.00. The van der Waals surface area contributed by atoms with Crippen LogP contribution in [-0.4, -0.2) is 41.3 Å². The van der Waals surface area contributed by atoms with Crippen LogP contribution in [0.2, 0.25) is 0 Å². The van der Waals surface area contributed by atoms with Crippen LogP contribution >= 0.6 is 0 Å². The number of carbonyl (C=O) groups excluding carboxylic acids is 3. The van der Waals surface area contributed by atoms with Gasteiger partial charge in [0.25, 0.3) is 5.91 Å². The van der Waals surface area contributed by atoms with Crippen molar-refractivity contribution in [3.8, 4) is 5.75 Å². The molecule has 3 amide bonds. The van der Waals surface area contributed by atoms with E-state index < -0.39 is 6.04 Å². The quantitative estimate of drug-likeness (QED) is 0.754. The first-order valence-electron chi connectivity index (χ1n) is 10.5. The average Bonchev–Trinajstić information content (AvgIpc) is 3.30. The first kappa shape index (κ1) is 21.3. The van der Waals surface area contributed by atoms with Crippen LogP contribution in [0.4, 0.5) is 0 Å². The summed E-state index contributed by atoms with van der Waals surface area (Å²) in [7, 11) is 0. The molecule has 0 bridgehead atoms. The van der Waals surface area contributed by atoms with Crippen molar-refractivity contribution in [2.24, 2.45) is 11.7 Å². The van der Waals surface area contributed by atoms with Crippen LogP contribution in [0.1, 0.15) is 68.3 Å². The number of piperidine rings is 1. The van der Waals surface area contributed by atoms with E-state index in [-0.39, 0.29) is 30.2 Å². The van der Waals surface area contributed by atoms with Crippen LogP contribution in [0.3, 0.4) is 0 Å². The Labute approximate surface area is 172 Å². The maximum absolute atomic E-state index is 12.6. The molecule has 1 unspecified atom stereocenters. The summed E-state index contributed by atoms with van der Waals surface area (Å²) in [4.78, 5) is 37.5. The largest absolute Gasteiger partial charge is 0.490 e. The molecule has 1 saturated carbocycles. The normalized spacial score (nSPS) is 21.7. The molecule has 2 fully saturated rings. The molecule has 3 N–H and O–H groups in total. The Morgan fingerprint density at radius 3 is 2.48 bits per heavy atom. The van der Waals surface area contributed by atoms with Gasteiger partial charge in [-0.05, 0) is 68.3 Å². The Kier molecular flexibility index (Phi) is 6.90. The van der Waals surface area contributed by atoms with Crippen molar-refractivity contribution in [1.29, 1.82) is 0 Å². The summed E-state index contributed by atoms with van der Waals surface area (Å²) in [6.07, 6.45) is 5.50. The van der Waals surface area contributed by atoms with Crippen LogP contribution in [0.5, 0.6) is 5.75 Å². The van der Waals surface area contributed by atoms with Crippen molar-refractivity contribution in [2.75, 3.05) is 6.54 Å². The fourth-order valence-electron chi connectivity index (χ4n) is 3.82. The predicted molar refractivity (Wildman–Crippen MR) is 109 cm³/mol. The molecular formula is C22H31N3O4. The number of rotatable bonds is 4. The zero-order valence-corrected chi connectivity index (χ0v) is 17.3. The minimum Gasteiger partial charge on any atom is -0.490 e. The van der Waals surface area contributed by atoms with E-state index in [0.717, 1.165) is 30.7 Å². The summed E-state index contributed by atoms with van der Waals surface area (Å²) in [5.41, 5.74) is 6.68. The summed E-state index contributed by atoms with van der Waals surface area (Å²) in [6.45, 7) is 5.39. The molecule has 0 spiro atoms. The van der Waals surface area contributed by atoms with Gasteiger partial charge in [0, 0.05) is 18.5 Å². The lowest BCUT2D eigenvalue weighted by molar-refractivity contribution is -0.136. The van der Waals surface area contributed by atoms with Crippen LogP contribution in [0.15, 0.2) is 18.2 Å². The zero-order valence-electron chi connectivity index (χ0n) is 17.3. The number of carbonyl (C=O) groups is 3. The highest BCUT2D eigenvalue weighted by atomic mass is 16.5. The molecule has 0 aromatic heterocycles. The number of ether oxygens (including phenoxy) is 1. The first-order valence-corrected chi connectivity index (χ1v) is 10.5. The van der Waals surface area contributed by atoms with Gasteiger partial charge in [-0.1, -0.05) is 13.8 Å². The van der Waals surface area contributed by atoms with Gasteiger partial charge in [0.2, 0.25) is 11.8 Å². The van der Waals surface area contributed by atoms with Gasteiger partial charge in [0.1, 0.15) is 11.8 Å². The predicted octanol–water partition coefficient (Wildman–Crippen LogP) is 2.37. The second-order valence-corrected chi connectivity index (χ2v) is 8.37. The Hall–Kier alpha value is -2.41. The van der Waals surface area contributed by atoms with Crippen molar-refractivity contribution in [3.05, 3.63) is 29.3 Å². The number of nitrogens with zero attached hydrogens (tertiary/aromatic N) is 1. The van der Waals surface area contributed by atoms with E-state index in [2.05, 4.69) is 19.2 Å². The third kappa shape index (κ3) is 5.15. The summed E-state index contributed by atoms with van der Waals surface area (Å²) >= 11 is 0. The van der Waals surface area contributed by atoms with Crippen LogP contribution in [0.25, 0.3) is 0 Å². The van der Waals surface area contributed by atoms with E-state index in [4.69, 9.17) is 10.5 Å². The lowest BCUT2D eigenvalue weighted by Crippen LogP contribution is -2.52. The zero-order chi connectivity index (χ0) is 21.0. The molecule has 3 aliphatic rings. The minimum absolute atomic E-state index is 0.146. The highest BCUT2D eigenvalue weighted by Gasteiger charge is 2.39. The van der Waals surface area contributed by atoms with E-state index >= 15 is 0 Å². The number of nitrogens with one attached hydrogen (secondary N) is 1. The molecule has 1 aromatic rings. The van der Waals surface area contributed by atoms with E-state index in [1.165, 1.54) is 12.8 Å². The van der Waals surface area contributed by atoms with E-state index in [1.807, 2.05) is 12.1 Å². The molecule has 2 aliphatic heterocycles. The Bertz CT molecular complexity index is 771.